The van der Waals surface area contributed by atoms with Crippen molar-refractivity contribution in [2.24, 2.45) is 0 Å². The number of fused-ring (bicyclic) bond motifs is 1. The standard InChI is InChI=1S/C18H16N2O3/c1-19-16-9-6-12(11-17(16)20(22)23)10-14-8-7-13-4-2-3-5-15(13)18(14)21/h2-6,9-11,19H,7-8H2,1H3/b14-10+. The van der Waals surface area contributed by atoms with E-state index in [0.29, 0.717) is 23.2 Å². The molecule has 0 saturated heterocycles. The van der Waals surface area contributed by atoms with Crippen molar-refractivity contribution in [3.63, 3.8) is 0 Å². The number of carbonyl (C=O) groups is 1. The van der Waals surface area contributed by atoms with Crippen LogP contribution in [-0.4, -0.2) is 17.8 Å². The van der Waals surface area contributed by atoms with Crippen LogP contribution < -0.4 is 5.32 Å². The number of nitrogens with one attached hydrogen (secondary N) is 1. The van der Waals surface area contributed by atoms with Gasteiger partial charge in [0, 0.05) is 24.3 Å². The van der Waals surface area contributed by atoms with Gasteiger partial charge in [0.05, 0.1) is 4.92 Å². The molecular weight excluding hydrogens is 292 g/mol. The minimum atomic E-state index is -0.425. The average Bonchev–Trinajstić information content (AvgIpc) is 2.57. The third-order valence-corrected chi connectivity index (χ3v) is 4.05. The second kappa shape index (κ2) is 6.04. The molecule has 5 nitrogen and oxygen atoms in total. The van der Waals surface area contributed by atoms with Crippen LogP contribution in [0.5, 0.6) is 0 Å². The quantitative estimate of drug-likeness (QED) is 0.531. The Balaban J connectivity index is 1.98. The first-order chi connectivity index (χ1) is 11.1. The molecule has 0 saturated carbocycles. The van der Waals surface area contributed by atoms with E-state index in [0.717, 1.165) is 17.5 Å². The highest BCUT2D eigenvalue weighted by molar-refractivity contribution is 6.13. The topological polar surface area (TPSA) is 72.2 Å². The Hall–Kier alpha value is -2.95. The number of rotatable bonds is 3. The van der Waals surface area contributed by atoms with Crippen LogP contribution >= 0.6 is 0 Å². The lowest BCUT2D eigenvalue weighted by Crippen LogP contribution is -2.13. The molecule has 0 aliphatic heterocycles. The van der Waals surface area contributed by atoms with Gasteiger partial charge in [0.1, 0.15) is 5.69 Å². The Morgan fingerprint density at radius 1 is 1.17 bits per heavy atom. The highest BCUT2D eigenvalue weighted by atomic mass is 16.6. The second-order valence-corrected chi connectivity index (χ2v) is 5.44. The number of allylic oxidation sites excluding steroid dienone is 1. The van der Waals surface area contributed by atoms with Crippen molar-refractivity contribution in [3.05, 3.63) is 74.8 Å². The van der Waals surface area contributed by atoms with E-state index in [4.69, 9.17) is 0 Å². The summed E-state index contributed by atoms with van der Waals surface area (Å²) in [6.07, 6.45) is 3.21. The third kappa shape index (κ3) is 2.85. The van der Waals surface area contributed by atoms with Gasteiger partial charge in [-0.2, -0.15) is 0 Å². The monoisotopic (exact) mass is 308 g/mol. The molecule has 0 aromatic heterocycles. The summed E-state index contributed by atoms with van der Waals surface area (Å²) < 4.78 is 0. The van der Waals surface area contributed by atoms with E-state index in [9.17, 15) is 14.9 Å². The van der Waals surface area contributed by atoms with Crippen molar-refractivity contribution in [2.75, 3.05) is 12.4 Å². The molecule has 0 spiro atoms. The van der Waals surface area contributed by atoms with E-state index in [1.165, 1.54) is 6.07 Å². The Morgan fingerprint density at radius 2 is 1.96 bits per heavy atom. The molecule has 1 aliphatic rings. The minimum Gasteiger partial charge on any atom is -0.383 e. The zero-order valence-corrected chi connectivity index (χ0v) is 12.7. The predicted octanol–water partition coefficient (Wildman–Crippen LogP) is 3.85. The van der Waals surface area contributed by atoms with Gasteiger partial charge in [0.15, 0.2) is 5.78 Å². The van der Waals surface area contributed by atoms with Crippen LogP contribution in [0.1, 0.15) is 27.9 Å². The molecule has 1 aliphatic carbocycles. The molecule has 5 heteroatoms. The van der Waals surface area contributed by atoms with Crippen molar-refractivity contribution in [2.45, 2.75) is 12.8 Å². The SMILES string of the molecule is CNc1ccc(/C=C2\CCc3ccccc3C2=O)cc1[N+](=O)[O-]. The Bertz CT molecular complexity index is 825. The summed E-state index contributed by atoms with van der Waals surface area (Å²) in [4.78, 5) is 23.3. The van der Waals surface area contributed by atoms with Crippen LogP contribution in [0.25, 0.3) is 6.08 Å². The fourth-order valence-electron chi connectivity index (χ4n) is 2.86. The molecule has 0 heterocycles. The van der Waals surface area contributed by atoms with E-state index < -0.39 is 4.92 Å². The Labute approximate surface area is 133 Å². The molecule has 2 aromatic rings. The molecule has 0 bridgehead atoms. The van der Waals surface area contributed by atoms with Gasteiger partial charge in [-0.25, -0.2) is 0 Å². The number of nitro benzene ring substituents is 1. The largest absolute Gasteiger partial charge is 0.383 e. The number of carbonyl (C=O) groups excluding carboxylic acids is 1. The van der Waals surface area contributed by atoms with E-state index in [1.807, 2.05) is 24.3 Å². The number of nitro groups is 1. The fourth-order valence-corrected chi connectivity index (χ4v) is 2.86. The van der Waals surface area contributed by atoms with Gasteiger partial charge in [-0.15, -0.1) is 0 Å². The number of hydrogen-bond acceptors (Lipinski definition) is 4. The van der Waals surface area contributed by atoms with Crippen molar-refractivity contribution < 1.29 is 9.72 Å². The minimum absolute atomic E-state index is 0.00510. The van der Waals surface area contributed by atoms with Crippen LogP contribution in [0.2, 0.25) is 0 Å². The van der Waals surface area contributed by atoms with E-state index in [-0.39, 0.29) is 11.5 Å². The fraction of sp³-hybridized carbons (Fsp3) is 0.167. The molecule has 0 amide bonds. The normalized spacial score (nSPS) is 15.3. The zero-order valence-electron chi connectivity index (χ0n) is 12.7. The first kappa shape index (κ1) is 15.0. The van der Waals surface area contributed by atoms with Gasteiger partial charge >= 0.3 is 0 Å². The Kier molecular flexibility index (Phi) is 3.93. The molecule has 1 N–H and O–H groups in total. The molecule has 23 heavy (non-hydrogen) atoms. The summed E-state index contributed by atoms with van der Waals surface area (Å²) in [6, 6.07) is 12.5. The van der Waals surface area contributed by atoms with Gasteiger partial charge < -0.3 is 5.32 Å². The van der Waals surface area contributed by atoms with Crippen LogP contribution in [0, 0.1) is 10.1 Å². The van der Waals surface area contributed by atoms with Gasteiger partial charge in [-0.3, -0.25) is 14.9 Å². The number of hydrogen-bond donors (Lipinski definition) is 1. The highest BCUT2D eigenvalue weighted by Crippen LogP contribution is 2.29. The first-order valence-electron chi connectivity index (χ1n) is 7.39. The van der Waals surface area contributed by atoms with Crippen LogP contribution in [-0.2, 0) is 6.42 Å². The van der Waals surface area contributed by atoms with Crippen LogP contribution in [0.15, 0.2) is 48.0 Å². The first-order valence-corrected chi connectivity index (χ1v) is 7.39. The van der Waals surface area contributed by atoms with Crippen molar-refractivity contribution in [1.82, 2.24) is 0 Å². The van der Waals surface area contributed by atoms with Gasteiger partial charge in [-0.1, -0.05) is 30.3 Å². The lowest BCUT2D eigenvalue weighted by atomic mass is 9.86. The van der Waals surface area contributed by atoms with Gasteiger partial charge in [-0.05, 0) is 36.1 Å². The van der Waals surface area contributed by atoms with E-state index >= 15 is 0 Å². The Morgan fingerprint density at radius 3 is 2.70 bits per heavy atom. The number of aryl methyl sites for hydroxylation is 1. The maximum atomic E-state index is 12.5. The highest BCUT2D eigenvalue weighted by Gasteiger charge is 2.21. The lowest BCUT2D eigenvalue weighted by Gasteiger charge is -2.17. The molecular formula is C18H16N2O3. The summed E-state index contributed by atoms with van der Waals surface area (Å²) in [7, 11) is 1.64. The second-order valence-electron chi connectivity index (χ2n) is 5.44. The van der Waals surface area contributed by atoms with E-state index in [2.05, 4.69) is 5.32 Å². The molecule has 0 fully saturated rings. The van der Waals surface area contributed by atoms with Crippen molar-refractivity contribution in [3.8, 4) is 0 Å². The summed E-state index contributed by atoms with van der Waals surface area (Å²) in [5, 5.41) is 13.9. The summed E-state index contributed by atoms with van der Waals surface area (Å²) in [6.45, 7) is 0. The molecule has 2 aromatic carbocycles. The molecule has 116 valence electrons. The number of Topliss-reactive ketones (excluding diaryl/α,β-unsaturated/α-hetero) is 1. The molecule has 0 radical (unpaired) electrons. The molecule has 0 unspecified atom stereocenters. The zero-order chi connectivity index (χ0) is 16.4. The van der Waals surface area contributed by atoms with Crippen LogP contribution in [0.4, 0.5) is 11.4 Å². The van der Waals surface area contributed by atoms with E-state index in [1.54, 1.807) is 25.3 Å². The number of nitrogens with zero attached hydrogens (tertiary/aromatic N) is 1. The summed E-state index contributed by atoms with van der Waals surface area (Å²) in [5.74, 6) is 0.00666. The number of benzene rings is 2. The van der Waals surface area contributed by atoms with Crippen molar-refractivity contribution in [1.29, 1.82) is 0 Å². The lowest BCUT2D eigenvalue weighted by molar-refractivity contribution is -0.383. The number of anilines is 1. The maximum Gasteiger partial charge on any atom is 0.292 e. The third-order valence-electron chi connectivity index (χ3n) is 4.05. The smallest absolute Gasteiger partial charge is 0.292 e. The predicted molar refractivity (Wildman–Crippen MR) is 89.7 cm³/mol. The van der Waals surface area contributed by atoms with Crippen LogP contribution in [0.3, 0.4) is 0 Å². The molecule has 3 rings (SSSR count). The number of ketones is 1. The van der Waals surface area contributed by atoms with Gasteiger partial charge in [0.2, 0.25) is 0 Å². The van der Waals surface area contributed by atoms with Gasteiger partial charge in [0.25, 0.3) is 5.69 Å². The van der Waals surface area contributed by atoms with Crippen molar-refractivity contribution >= 4 is 23.2 Å². The summed E-state index contributed by atoms with van der Waals surface area (Å²) in [5.41, 5.74) is 3.61. The maximum absolute atomic E-state index is 12.5. The molecule has 0 atom stereocenters. The average molecular weight is 308 g/mol. The summed E-state index contributed by atoms with van der Waals surface area (Å²) >= 11 is 0.